The van der Waals surface area contributed by atoms with E-state index < -0.39 is 18.4 Å². The maximum atomic E-state index is 12.5. The third kappa shape index (κ3) is 4.59. The Morgan fingerprint density at radius 1 is 1.08 bits per heavy atom. The fourth-order valence-electron chi connectivity index (χ4n) is 2.27. The van der Waals surface area contributed by atoms with Crippen LogP contribution in [-0.4, -0.2) is 35.1 Å². The monoisotopic (exact) mass is 346 g/mol. The fraction of sp³-hybridized carbons (Fsp3) is 0.389. The predicted octanol–water partition coefficient (Wildman–Crippen LogP) is 3.41. The molecule has 134 valence electrons. The molecular weight excluding hydrogens is 324 g/mol. The molecule has 0 radical (unpaired) electrons. The molecule has 2 aromatic rings. The molecule has 1 unspecified atom stereocenters. The molecule has 7 nitrogen and oxygen atoms in total. The average molecular weight is 346 g/mol. The second-order valence-electron chi connectivity index (χ2n) is 5.86. The number of nitrogens with zero attached hydrogens (tertiary/aromatic N) is 2. The molecular formula is C18H22N2O5. The maximum absolute atomic E-state index is 12.5. The van der Waals surface area contributed by atoms with E-state index in [0.29, 0.717) is 0 Å². The molecule has 0 N–H and O–H groups in total. The van der Waals surface area contributed by atoms with Gasteiger partial charge in [0.15, 0.2) is 0 Å². The van der Waals surface area contributed by atoms with Crippen LogP contribution in [0.1, 0.15) is 42.9 Å². The molecule has 2 rings (SSSR count). The van der Waals surface area contributed by atoms with Crippen LogP contribution in [0, 0.1) is 5.92 Å². The quantitative estimate of drug-likeness (QED) is 0.589. The zero-order chi connectivity index (χ0) is 18.4. The van der Waals surface area contributed by atoms with Crippen LogP contribution < -0.4 is 0 Å². The van der Waals surface area contributed by atoms with Crippen LogP contribution in [0.15, 0.2) is 42.9 Å². The van der Waals surface area contributed by atoms with Crippen LogP contribution in [0.3, 0.4) is 0 Å². The molecule has 0 fully saturated rings. The highest BCUT2D eigenvalue weighted by Crippen LogP contribution is 2.21. The van der Waals surface area contributed by atoms with Crippen LogP contribution in [0.25, 0.3) is 0 Å². The lowest BCUT2D eigenvalue weighted by molar-refractivity contribution is -0.111. The van der Waals surface area contributed by atoms with E-state index in [-0.39, 0.29) is 17.7 Å². The Bertz CT molecular complexity index is 711. The molecule has 0 spiro atoms. The summed E-state index contributed by atoms with van der Waals surface area (Å²) in [4.78, 5) is 27.9. The van der Waals surface area contributed by atoms with Crippen molar-refractivity contribution in [1.82, 2.24) is 9.55 Å². The number of esters is 1. The molecule has 25 heavy (non-hydrogen) atoms. The van der Waals surface area contributed by atoms with Gasteiger partial charge in [0.05, 0.1) is 25.7 Å². The highest BCUT2D eigenvalue weighted by molar-refractivity contribution is 5.87. The third-order valence-electron chi connectivity index (χ3n) is 3.72. The topological polar surface area (TPSA) is 79.7 Å². The van der Waals surface area contributed by atoms with E-state index in [1.54, 1.807) is 24.7 Å². The third-order valence-corrected chi connectivity index (χ3v) is 3.72. The van der Waals surface area contributed by atoms with E-state index in [2.05, 4.69) is 9.72 Å². The van der Waals surface area contributed by atoms with Crippen LogP contribution in [0.2, 0.25) is 0 Å². The molecule has 0 aliphatic heterocycles. The van der Waals surface area contributed by atoms with Gasteiger partial charge >= 0.3 is 12.1 Å². The van der Waals surface area contributed by atoms with Gasteiger partial charge in [-0.15, -0.1) is 0 Å². The first-order chi connectivity index (χ1) is 11.9. The van der Waals surface area contributed by atoms with Crippen molar-refractivity contribution in [1.29, 1.82) is 0 Å². The van der Waals surface area contributed by atoms with E-state index >= 15 is 0 Å². The number of benzene rings is 1. The summed E-state index contributed by atoms with van der Waals surface area (Å²) in [6.07, 6.45) is 1.05. The van der Waals surface area contributed by atoms with E-state index in [4.69, 9.17) is 9.47 Å². The minimum atomic E-state index is -1.05. The van der Waals surface area contributed by atoms with Crippen molar-refractivity contribution in [3.63, 3.8) is 0 Å². The Morgan fingerprint density at radius 3 is 2.36 bits per heavy atom. The van der Waals surface area contributed by atoms with Gasteiger partial charge in [-0.05, 0) is 12.5 Å². The lowest BCUT2D eigenvalue weighted by atomic mass is 10.1. The summed E-state index contributed by atoms with van der Waals surface area (Å²) in [5.41, 5.74) is 1.30. The molecule has 0 aliphatic carbocycles. The average Bonchev–Trinajstić information content (AvgIpc) is 3.10. The first-order valence-corrected chi connectivity index (χ1v) is 7.96. The molecule has 1 heterocycles. The molecule has 0 saturated carbocycles. The molecule has 0 aliphatic rings. The van der Waals surface area contributed by atoms with Crippen molar-refractivity contribution < 1.29 is 23.8 Å². The molecule has 1 aromatic carbocycles. The van der Waals surface area contributed by atoms with Crippen molar-refractivity contribution in [2.45, 2.75) is 33.1 Å². The fourth-order valence-corrected chi connectivity index (χ4v) is 2.27. The Morgan fingerprint density at radius 2 is 1.76 bits per heavy atom. The summed E-state index contributed by atoms with van der Waals surface area (Å²) in [5.74, 6) is -0.853. The lowest BCUT2D eigenvalue weighted by Crippen LogP contribution is -2.30. The Hall–Kier alpha value is -2.83. The number of ether oxygens (including phenoxy) is 3. The van der Waals surface area contributed by atoms with Crippen LogP contribution in [0.4, 0.5) is 4.79 Å². The highest BCUT2D eigenvalue weighted by atomic mass is 16.8. The Labute approximate surface area is 146 Å². The number of hydrogen-bond donors (Lipinski definition) is 0. The van der Waals surface area contributed by atoms with Crippen molar-refractivity contribution in [2.24, 2.45) is 5.92 Å². The molecule has 7 heteroatoms. The van der Waals surface area contributed by atoms with Crippen molar-refractivity contribution in [2.75, 3.05) is 7.11 Å². The lowest BCUT2D eigenvalue weighted by Gasteiger charge is -2.22. The highest BCUT2D eigenvalue weighted by Gasteiger charge is 2.26. The first kappa shape index (κ1) is 18.5. The zero-order valence-corrected chi connectivity index (χ0v) is 14.7. The van der Waals surface area contributed by atoms with E-state index in [0.717, 1.165) is 5.56 Å². The normalized spacial score (nSPS) is 13.2. The SMILES string of the molecule is COC(=O)OC(OC(=O)c1cncn1[C@H](C)c1ccccc1)C(C)C. The number of carbonyl (C=O) groups excluding carboxylic acids is 2. The van der Waals surface area contributed by atoms with Crippen molar-refractivity contribution >= 4 is 12.1 Å². The van der Waals surface area contributed by atoms with Crippen LogP contribution >= 0.6 is 0 Å². The molecule has 2 atom stereocenters. The minimum absolute atomic E-state index is 0.106. The van der Waals surface area contributed by atoms with Crippen molar-refractivity contribution in [3.05, 3.63) is 54.1 Å². The largest absolute Gasteiger partial charge is 0.511 e. The van der Waals surface area contributed by atoms with Crippen molar-refractivity contribution in [3.8, 4) is 0 Å². The molecule has 0 amide bonds. The predicted molar refractivity (Wildman–Crippen MR) is 90.0 cm³/mol. The number of aromatic nitrogens is 2. The molecule has 0 bridgehead atoms. The Balaban J connectivity index is 2.17. The van der Waals surface area contributed by atoms with Crippen LogP contribution in [0.5, 0.6) is 0 Å². The summed E-state index contributed by atoms with van der Waals surface area (Å²) in [6.45, 7) is 5.49. The van der Waals surface area contributed by atoms with Gasteiger partial charge in [0.25, 0.3) is 6.29 Å². The molecule has 1 aromatic heterocycles. The van der Waals surface area contributed by atoms with Crippen LogP contribution in [-0.2, 0) is 14.2 Å². The van der Waals surface area contributed by atoms with Gasteiger partial charge in [-0.1, -0.05) is 44.2 Å². The maximum Gasteiger partial charge on any atom is 0.511 e. The van der Waals surface area contributed by atoms with Gasteiger partial charge in [0.2, 0.25) is 0 Å². The summed E-state index contributed by atoms with van der Waals surface area (Å²) in [7, 11) is 1.19. The summed E-state index contributed by atoms with van der Waals surface area (Å²) in [5, 5.41) is 0. The second-order valence-corrected chi connectivity index (χ2v) is 5.86. The van der Waals surface area contributed by atoms with E-state index in [9.17, 15) is 9.59 Å². The summed E-state index contributed by atoms with van der Waals surface area (Å²) >= 11 is 0. The number of methoxy groups -OCH3 is 1. The first-order valence-electron chi connectivity index (χ1n) is 7.96. The second kappa shape index (κ2) is 8.32. The molecule has 0 saturated heterocycles. The Kier molecular flexibility index (Phi) is 6.16. The summed E-state index contributed by atoms with van der Waals surface area (Å²) in [6, 6.07) is 9.62. The van der Waals surface area contributed by atoms with Gasteiger partial charge in [-0.25, -0.2) is 14.6 Å². The number of imidazole rings is 1. The summed E-state index contributed by atoms with van der Waals surface area (Å²) < 4.78 is 16.5. The number of carbonyl (C=O) groups is 2. The van der Waals surface area contributed by atoms with Gasteiger partial charge < -0.3 is 18.8 Å². The van der Waals surface area contributed by atoms with Gasteiger partial charge in [-0.2, -0.15) is 0 Å². The minimum Gasteiger partial charge on any atom is -0.438 e. The zero-order valence-electron chi connectivity index (χ0n) is 14.7. The number of hydrogen-bond acceptors (Lipinski definition) is 6. The van der Waals surface area contributed by atoms with Gasteiger partial charge in [0.1, 0.15) is 5.69 Å². The van der Waals surface area contributed by atoms with E-state index in [1.165, 1.54) is 13.3 Å². The number of rotatable bonds is 6. The van der Waals surface area contributed by atoms with E-state index in [1.807, 2.05) is 37.3 Å². The smallest absolute Gasteiger partial charge is 0.438 e. The van der Waals surface area contributed by atoms with Gasteiger partial charge in [0, 0.05) is 5.92 Å². The standard InChI is InChI=1S/C18H22N2O5/c1-12(2)17(25-18(22)23-4)24-16(21)15-10-19-11-20(15)13(3)14-8-6-5-7-9-14/h5-13,17H,1-4H3/t13-,17?/m1/s1. The van der Waals surface area contributed by atoms with Gasteiger partial charge in [-0.3, -0.25) is 0 Å².